The Hall–Kier alpha value is -2.09. The second-order valence-electron chi connectivity index (χ2n) is 8.46. The van der Waals surface area contributed by atoms with E-state index in [-0.39, 0.29) is 28.5 Å². The number of carbonyl (C=O) groups excluding carboxylic acids is 1. The molecule has 0 bridgehead atoms. The molecule has 30 heavy (non-hydrogen) atoms. The van der Waals surface area contributed by atoms with Crippen molar-refractivity contribution in [1.29, 1.82) is 0 Å². The number of ether oxygens (including phenoxy) is 1. The molecule has 0 aromatic carbocycles. The van der Waals surface area contributed by atoms with Crippen molar-refractivity contribution in [2.75, 3.05) is 13.1 Å². The molecular weight excluding hydrogens is 406 g/mol. The molecule has 8 nitrogen and oxygen atoms in total. The molecule has 1 aliphatic carbocycles. The second-order valence-corrected chi connectivity index (χ2v) is 8.80. The molecule has 2 aromatic rings. The van der Waals surface area contributed by atoms with Gasteiger partial charge in [-0.2, -0.15) is 4.98 Å². The highest BCUT2D eigenvalue weighted by Gasteiger charge is 2.55. The highest BCUT2D eigenvalue weighted by Crippen LogP contribution is 2.54. The van der Waals surface area contributed by atoms with Crippen molar-refractivity contribution in [3.05, 3.63) is 22.0 Å². The number of rotatable bonds is 1. The number of likely N-dealkylation sites (tertiary alicyclic amines) is 1. The first-order chi connectivity index (χ1) is 14.1. The maximum Gasteiger partial charge on any atom is 0.410 e. The van der Waals surface area contributed by atoms with Gasteiger partial charge in [0.2, 0.25) is 5.28 Å². The lowest BCUT2D eigenvalue weighted by atomic mass is 9.60. The van der Waals surface area contributed by atoms with Gasteiger partial charge in [0.25, 0.3) is 0 Å². The summed E-state index contributed by atoms with van der Waals surface area (Å²) in [5, 5.41) is 0.130. The van der Waals surface area contributed by atoms with Crippen LogP contribution in [-0.4, -0.2) is 48.8 Å². The average Bonchev–Trinajstić information content (AvgIpc) is 2.86. The molecule has 0 atom stereocenters. The topological polar surface area (TPSA) is 82.2 Å². The summed E-state index contributed by atoms with van der Waals surface area (Å²) in [7, 11) is 1.71. The number of hydrogen-bond donors (Lipinski definition) is 0. The van der Waals surface area contributed by atoms with Crippen LogP contribution in [0.1, 0.15) is 67.3 Å². The zero-order valence-corrected chi connectivity index (χ0v) is 20.1. The van der Waals surface area contributed by atoms with Crippen molar-refractivity contribution < 1.29 is 9.53 Å². The first-order valence-electron chi connectivity index (χ1n) is 10.7. The van der Waals surface area contributed by atoms with E-state index in [9.17, 15) is 9.59 Å². The molecule has 2 aromatic heterocycles. The smallest absolute Gasteiger partial charge is 0.410 e. The largest absolute Gasteiger partial charge is 0.444 e. The number of halogens is 1. The van der Waals surface area contributed by atoms with Crippen LogP contribution in [0.4, 0.5) is 4.79 Å². The van der Waals surface area contributed by atoms with Gasteiger partial charge in [-0.25, -0.2) is 14.6 Å². The van der Waals surface area contributed by atoms with Crippen molar-refractivity contribution in [2.45, 2.75) is 73.0 Å². The number of amides is 1. The minimum Gasteiger partial charge on any atom is -0.444 e. The number of aromatic nitrogens is 4. The van der Waals surface area contributed by atoms with E-state index in [4.69, 9.17) is 16.3 Å². The first kappa shape index (κ1) is 24.2. The summed E-state index contributed by atoms with van der Waals surface area (Å²) in [6.45, 7) is 14.9. The Morgan fingerprint density at radius 3 is 2.30 bits per heavy atom. The van der Waals surface area contributed by atoms with Crippen LogP contribution in [0.15, 0.2) is 11.0 Å². The fraction of sp³-hybridized carbons (Fsp3) is 0.714. The van der Waals surface area contributed by atoms with Crippen LogP contribution < -0.4 is 5.69 Å². The van der Waals surface area contributed by atoms with E-state index in [0.29, 0.717) is 24.3 Å². The van der Waals surface area contributed by atoms with Crippen LogP contribution in [0.3, 0.4) is 0 Å². The summed E-state index contributed by atoms with van der Waals surface area (Å²) < 4.78 is 8.66. The molecule has 3 heterocycles. The average molecular weight is 440 g/mol. The zero-order valence-electron chi connectivity index (χ0n) is 19.3. The summed E-state index contributed by atoms with van der Waals surface area (Å²) in [6.07, 6.45) is 2.98. The summed E-state index contributed by atoms with van der Waals surface area (Å²) in [5.41, 5.74) is 0.724. The van der Waals surface area contributed by atoms with Crippen LogP contribution in [0, 0.1) is 5.41 Å². The molecule has 4 rings (SSSR count). The Labute approximate surface area is 183 Å². The van der Waals surface area contributed by atoms with Gasteiger partial charge in [0.1, 0.15) is 11.1 Å². The predicted molar refractivity (Wildman–Crippen MR) is 119 cm³/mol. The molecule has 0 N–H and O–H groups in total. The molecule has 0 radical (unpaired) electrons. The van der Waals surface area contributed by atoms with Crippen molar-refractivity contribution in [2.24, 2.45) is 12.5 Å². The first-order valence-corrected chi connectivity index (χ1v) is 11.0. The lowest BCUT2D eigenvalue weighted by Crippen LogP contribution is -2.64. The number of imidazole rings is 1. The van der Waals surface area contributed by atoms with E-state index in [2.05, 4.69) is 9.97 Å². The Morgan fingerprint density at radius 1 is 1.20 bits per heavy atom. The molecule has 168 valence electrons. The molecule has 1 saturated carbocycles. The number of nitrogens with zero attached hydrogens (tertiary/aromatic N) is 5. The maximum absolute atomic E-state index is 12.6. The van der Waals surface area contributed by atoms with E-state index in [1.807, 2.05) is 48.5 Å². The van der Waals surface area contributed by atoms with Crippen molar-refractivity contribution in [3.63, 3.8) is 0 Å². The highest BCUT2D eigenvalue weighted by atomic mass is 35.5. The van der Waals surface area contributed by atoms with Crippen LogP contribution in [-0.2, 0) is 11.8 Å². The third kappa shape index (κ3) is 4.48. The van der Waals surface area contributed by atoms with Crippen LogP contribution in [0.25, 0.3) is 11.2 Å². The molecule has 0 unspecified atom stereocenters. The van der Waals surface area contributed by atoms with Gasteiger partial charge >= 0.3 is 11.8 Å². The maximum atomic E-state index is 12.6. The second kappa shape index (κ2) is 8.96. The third-order valence-electron chi connectivity index (χ3n) is 5.21. The van der Waals surface area contributed by atoms with E-state index in [0.717, 1.165) is 12.8 Å². The summed E-state index contributed by atoms with van der Waals surface area (Å²) in [4.78, 5) is 34.7. The monoisotopic (exact) mass is 439 g/mol. The van der Waals surface area contributed by atoms with E-state index in [1.165, 1.54) is 0 Å². The molecule has 1 amide bonds. The molecule has 2 aliphatic rings. The van der Waals surface area contributed by atoms with E-state index < -0.39 is 5.60 Å². The van der Waals surface area contributed by atoms with Gasteiger partial charge in [-0.15, -0.1) is 0 Å². The SMILES string of the molecule is CC.CC.Cn1c(=O)n(C2CC3(C2)CN(C(=O)OC(C)(C)C)C3)c2nc(Cl)ncc21. The van der Waals surface area contributed by atoms with Gasteiger partial charge in [-0.1, -0.05) is 27.7 Å². The zero-order chi connectivity index (χ0) is 22.9. The number of hydrogen-bond acceptors (Lipinski definition) is 5. The minimum atomic E-state index is -0.489. The van der Waals surface area contributed by atoms with Gasteiger partial charge in [-0.3, -0.25) is 9.13 Å². The van der Waals surface area contributed by atoms with Gasteiger partial charge in [0.05, 0.1) is 6.20 Å². The highest BCUT2D eigenvalue weighted by molar-refractivity contribution is 6.28. The fourth-order valence-electron chi connectivity index (χ4n) is 4.04. The lowest BCUT2D eigenvalue weighted by Gasteiger charge is -2.58. The number of carbonyl (C=O) groups is 1. The van der Waals surface area contributed by atoms with Crippen molar-refractivity contribution in [3.8, 4) is 0 Å². The van der Waals surface area contributed by atoms with Crippen LogP contribution >= 0.6 is 11.6 Å². The molecule has 1 spiro atoms. The standard InChI is InChI=1S/C17H22ClN5O3.2C2H6/c1-16(2,3)26-15(25)22-8-17(9-22)5-10(6-17)23-12-11(21(4)14(23)24)7-19-13(18)20-12;2*1-2/h7,10H,5-6,8-9H2,1-4H3;2*1-2H3. The van der Waals surface area contributed by atoms with E-state index >= 15 is 0 Å². The van der Waals surface area contributed by atoms with Crippen molar-refractivity contribution in [1.82, 2.24) is 24.0 Å². The molecular formula is C21H34ClN5O3. The van der Waals surface area contributed by atoms with Gasteiger partial charge < -0.3 is 9.64 Å². The normalized spacial score (nSPS) is 17.3. The summed E-state index contributed by atoms with van der Waals surface area (Å²) >= 11 is 5.91. The fourth-order valence-corrected chi connectivity index (χ4v) is 4.17. The van der Waals surface area contributed by atoms with Gasteiger partial charge in [-0.05, 0) is 45.2 Å². The van der Waals surface area contributed by atoms with Crippen molar-refractivity contribution >= 4 is 28.9 Å². The van der Waals surface area contributed by atoms with Crippen LogP contribution in [0.5, 0.6) is 0 Å². The Balaban J connectivity index is 0.000000757. The van der Waals surface area contributed by atoms with Gasteiger partial charge in [0.15, 0.2) is 5.65 Å². The summed E-state index contributed by atoms with van der Waals surface area (Å²) in [6, 6.07) is 0.0675. The number of aryl methyl sites for hydroxylation is 1. The lowest BCUT2D eigenvalue weighted by molar-refractivity contribution is -0.0906. The van der Waals surface area contributed by atoms with Gasteiger partial charge in [0, 0.05) is 31.6 Å². The molecule has 1 saturated heterocycles. The Bertz CT molecular complexity index is 946. The van der Waals surface area contributed by atoms with E-state index in [1.54, 1.807) is 27.3 Å². The quantitative estimate of drug-likeness (QED) is 0.614. The Kier molecular flexibility index (Phi) is 7.22. The Morgan fingerprint density at radius 2 is 1.77 bits per heavy atom. The number of fused-ring (bicyclic) bond motifs is 1. The van der Waals surface area contributed by atoms with Crippen LogP contribution in [0.2, 0.25) is 5.28 Å². The molecule has 1 aliphatic heterocycles. The molecule has 9 heteroatoms. The summed E-state index contributed by atoms with van der Waals surface area (Å²) in [5.74, 6) is 0. The molecule has 2 fully saturated rings. The minimum absolute atomic E-state index is 0.0675. The predicted octanol–water partition coefficient (Wildman–Crippen LogP) is 4.41. The third-order valence-corrected chi connectivity index (χ3v) is 5.39.